The van der Waals surface area contributed by atoms with Gasteiger partial charge in [-0.1, -0.05) is 75.4 Å². The van der Waals surface area contributed by atoms with E-state index in [-0.39, 0.29) is 23.8 Å². The highest BCUT2D eigenvalue weighted by atomic mass is 35.5. The molecule has 4 aliphatic rings. The molecule has 1 aliphatic carbocycles. The Bertz CT molecular complexity index is 1110. The van der Waals surface area contributed by atoms with Gasteiger partial charge in [0.25, 0.3) is 0 Å². The number of carbonyl (C=O) groups excluding carboxylic acids is 3. The van der Waals surface area contributed by atoms with Crippen LogP contribution in [0, 0.1) is 23.7 Å². The van der Waals surface area contributed by atoms with E-state index in [2.05, 4.69) is 24.5 Å². The van der Waals surface area contributed by atoms with Crippen LogP contribution in [0.3, 0.4) is 0 Å². The van der Waals surface area contributed by atoms with E-state index in [0.29, 0.717) is 34.1 Å². The van der Waals surface area contributed by atoms with Gasteiger partial charge in [-0.05, 0) is 42.9 Å². The van der Waals surface area contributed by atoms with Crippen LogP contribution in [-0.2, 0) is 19.1 Å². The first-order valence-corrected chi connectivity index (χ1v) is 14.2. The van der Waals surface area contributed by atoms with Crippen molar-refractivity contribution < 1.29 is 19.1 Å². The van der Waals surface area contributed by atoms with Crippen molar-refractivity contribution in [1.29, 1.82) is 0 Å². The molecule has 7 nitrogen and oxygen atoms in total. The number of carbonyl (C=O) groups is 3. The van der Waals surface area contributed by atoms with Gasteiger partial charge in [-0.3, -0.25) is 14.4 Å². The van der Waals surface area contributed by atoms with Crippen molar-refractivity contribution in [1.82, 2.24) is 10.2 Å². The number of amides is 3. The zero-order valence-electron chi connectivity index (χ0n) is 21.5. The van der Waals surface area contributed by atoms with E-state index in [0.717, 1.165) is 32.1 Å². The van der Waals surface area contributed by atoms with Gasteiger partial charge in [0.05, 0.1) is 17.9 Å². The van der Waals surface area contributed by atoms with Crippen molar-refractivity contribution in [3.8, 4) is 0 Å². The van der Waals surface area contributed by atoms with Crippen LogP contribution in [0.1, 0.15) is 52.9 Å². The third kappa shape index (κ3) is 4.57. The third-order valence-electron chi connectivity index (χ3n) is 8.84. The topological polar surface area (TPSA) is 87.7 Å². The number of likely N-dealkylation sites (tertiary alicyclic amines) is 1. The number of ether oxygens (including phenoxy) is 1. The Morgan fingerprint density at radius 3 is 2.57 bits per heavy atom. The minimum atomic E-state index is -1.16. The molecule has 5 rings (SSSR count). The lowest BCUT2D eigenvalue weighted by Crippen LogP contribution is -2.58. The Kier molecular flexibility index (Phi) is 7.33. The minimum absolute atomic E-state index is 0.0593. The number of hydrogen-bond acceptors (Lipinski definition) is 4. The first-order valence-electron chi connectivity index (χ1n) is 13.4. The number of anilines is 1. The van der Waals surface area contributed by atoms with Gasteiger partial charge in [0.2, 0.25) is 17.7 Å². The predicted molar refractivity (Wildman–Crippen MR) is 143 cm³/mol. The van der Waals surface area contributed by atoms with E-state index in [1.807, 2.05) is 19.1 Å². The summed E-state index contributed by atoms with van der Waals surface area (Å²) in [5, 5.41) is 6.94. The molecule has 0 radical (unpaired) electrons. The summed E-state index contributed by atoms with van der Waals surface area (Å²) in [7, 11) is 0. The van der Waals surface area contributed by atoms with Crippen LogP contribution < -0.4 is 10.6 Å². The van der Waals surface area contributed by atoms with Crippen LogP contribution >= 0.6 is 23.2 Å². The highest BCUT2D eigenvalue weighted by molar-refractivity contribution is 6.35. The fourth-order valence-corrected chi connectivity index (χ4v) is 7.26. The zero-order valence-corrected chi connectivity index (χ0v) is 23.0. The first kappa shape index (κ1) is 26.5. The van der Waals surface area contributed by atoms with Gasteiger partial charge in [-0.25, -0.2) is 0 Å². The van der Waals surface area contributed by atoms with Crippen LogP contribution in [0.25, 0.3) is 0 Å². The van der Waals surface area contributed by atoms with Crippen molar-refractivity contribution >= 4 is 46.6 Å². The Morgan fingerprint density at radius 2 is 1.86 bits per heavy atom. The van der Waals surface area contributed by atoms with E-state index in [1.54, 1.807) is 23.1 Å². The van der Waals surface area contributed by atoms with Gasteiger partial charge >= 0.3 is 0 Å². The van der Waals surface area contributed by atoms with Gasteiger partial charge < -0.3 is 20.3 Å². The SMILES string of the molecule is CCCCN1C(=O)[C@H]2[C@H](C(=O)Nc3cc(Cl)cc(Cl)c3)[C@H]3C=C[C@@]2(O3)[C@@H]1C(=O)N[C@@H]1CCC[C@H](C)[C@H]1C. The van der Waals surface area contributed by atoms with Crippen molar-refractivity contribution in [2.24, 2.45) is 23.7 Å². The first-order chi connectivity index (χ1) is 17.7. The lowest BCUT2D eigenvalue weighted by molar-refractivity contribution is -0.141. The van der Waals surface area contributed by atoms with Crippen LogP contribution in [-0.4, -0.2) is 53.0 Å². The number of unbranched alkanes of at least 4 members (excludes halogenated alkanes) is 1. The average molecular weight is 549 g/mol. The molecule has 1 spiro atoms. The molecule has 3 fully saturated rings. The second-order valence-corrected chi connectivity index (χ2v) is 12.0. The fourth-order valence-electron chi connectivity index (χ4n) is 6.74. The number of fused-ring (bicyclic) bond motifs is 1. The maximum atomic E-state index is 13.9. The number of halogens is 2. The van der Waals surface area contributed by atoms with Gasteiger partial charge in [0.1, 0.15) is 11.6 Å². The van der Waals surface area contributed by atoms with E-state index < -0.39 is 29.6 Å². The average Bonchev–Trinajstić information content (AvgIpc) is 3.47. The predicted octanol–water partition coefficient (Wildman–Crippen LogP) is 4.82. The molecule has 3 heterocycles. The number of nitrogens with one attached hydrogen (secondary N) is 2. The van der Waals surface area contributed by atoms with Gasteiger partial charge in [-0.15, -0.1) is 0 Å². The third-order valence-corrected chi connectivity index (χ3v) is 9.28. The standard InChI is InChI=1S/C28H35Cl2N3O4/c1-4-5-11-33-24(26(35)32-20-8-6-7-15(2)16(20)3)28-10-9-21(37-28)22(23(28)27(33)36)25(34)31-19-13-17(29)12-18(30)14-19/h9-10,12-16,20-24H,4-8,11H2,1-3H3,(H,31,34)(H,32,35)/t15-,16+,20+,21+,22+,23+,24-,28-/m0/s1. The van der Waals surface area contributed by atoms with Crippen molar-refractivity contribution in [3.63, 3.8) is 0 Å². The van der Waals surface area contributed by atoms with E-state index in [1.165, 1.54) is 0 Å². The number of rotatable bonds is 7. The normalized spacial score (nSPS) is 36.1. The lowest BCUT2D eigenvalue weighted by Gasteiger charge is -2.38. The highest BCUT2D eigenvalue weighted by Gasteiger charge is 2.72. The summed E-state index contributed by atoms with van der Waals surface area (Å²) < 4.78 is 6.41. The molecule has 37 heavy (non-hydrogen) atoms. The van der Waals surface area contributed by atoms with Crippen molar-refractivity contribution in [2.75, 3.05) is 11.9 Å². The Morgan fingerprint density at radius 1 is 1.14 bits per heavy atom. The second kappa shape index (κ2) is 10.2. The molecule has 200 valence electrons. The number of hydrogen-bond donors (Lipinski definition) is 2. The van der Waals surface area contributed by atoms with Crippen molar-refractivity contribution in [2.45, 2.75) is 76.7 Å². The fraction of sp³-hybridized carbons (Fsp3) is 0.607. The summed E-state index contributed by atoms with van der Waals surface area (Å²) in [4.78, 5) is 43.0. The van der Waals surface area contributed by atoms with Gasteiger partial charge in [0, 0.05) is 28.3 Å². The van der Waals surface area contributed by atoms with Crippen LogP contribution in [0.4, 0.5) is 5.69 Å². The Labute approximate surface area is 228 Å². The molecule has 2 saturated heterocycles. The summed E-state index contributed by atoms with van der Waals surface area (Å²) >= 11 is 12.2. The van der Waals surface area contributed by atoms with Gasteiger partial charge in [0.15, 0.2) is 0 Å². The molecule has 3 aliphatic heterocycles. The minimum Gasteiger partial charge on any atom is -0.359 e. The number of benzene rings is 1. The van der Waals surface area contributed by atoms with Crippen LogP contribution in [0.5, 0.6) is 0 Å². The largest absolute Gasteiger partial charge is 0.359 e. The maximum Gasteiger partial charge on any atom is 0.246 e. The molecule has 1 saturated carbocycles. The Hall–Kier alpha value is -2.09. The number of nitrogens with zero attached hydrogens (tertiary/aromatic N) is 1. The molecule has 2 N–H and O–H groups in total. The molecular weight excluding hydrogens is 513 g/mol. The van der Waals surface area contributed by atoms with Crippen LogP contribution in [0.2, 0.25) is 10.0 Å². The summed E-state index contributed by atoms with van der Waals surface area (Å²) in [5.41, 5.74) is -0.705. The Balaban J connectivity index is 1.43. The monoisotopic (exact) mass is 547 g/mol. The molecule has 2 bridgehead atoms. The summed E-state index contributed by atoms with van der Waals surface area (Å²) in [6.45, 7) is 6.91. The zero-order chi connectivity index (χ0) is 26.5. The van der Waals surface area contributed by atoms with Crippen molar-refractivity contribution in [3.05, 3.63) is 40.4 Å². The van der Waals surface area contributed by atoms with E-state index >= 15 is 0 Å². The molecule has 3 amide bonds. The highest BCUT2D eigenvalue weighted by Crippen LogP contribution is 2.55. The molecule has 8 atom stereocenters. The molecule has 1 aromatic carbocycles. The molecular formula is C28H35Cl2N3O4. The quantitative estimate of drug-likeness (QED) is 0.479. The molecule has 0 unspecified atom stereocenters. The van der Waals surface area contributed by atoms with E-state index in [4.69, 9.17) is 27.9 Å². The van der Waals surface area contributed by atoms with E-state index in [9.17, 15) is 14.4 Å². The van der Waals surface area contributed by atoms with Crippen LogP contribution in [0.15, 0.2) is 30.4 Å². The molecule has 9 heteroatoms. The molecule has 0 aromatic heterocycles. The summed E-state index contributed by atoms with van der Waals surface area (Å²) in [6.07, 6.45) is 7.90. The second-order valence-electron chi connectivity index (χ2n) is 11.1. The molecule has 1 aromatic rings. The maximum absolute atomic E-state index is 13.9. The smallest absolute Gasteiger partial charge is 0.246 e. The van der Waals surface area contributed by atoms with Gasteiger partial charge in [-0.2, -0.15) is 0 Å². The summed E-state index contributed by atoms with van der Waals surface area (Å²) in [5.74, 6) is -1.39. The lowest BCUT2D eigenvalue weighted by atomic mass is 9.73. The summed E-state index contributed by atoms with van der Waals surface area (Å²) in [6, 6.07) is 4.06.